The molecule has 0 aliphatic carbocycles. The van der Waals surface area contributed by atoms with Crippen LogP contribution < -0.4 is 5.32 Å². The Kier molecular flexibility index (Phi) is 5.66. The molecule has 8 heteroatoms. The maximum Gasteiger partial charge on any atom is 0.285 e. The van der Waals surface area contributed by atoms with E-state index in [-0.39, 0.29) is 16.9 Å². The van der Waals surface area contributed by atoms with Gasteiger partial charge in [-0.1, -0.05) is 18.2 Å². The van der Waals surface area contributed by atoms with Gasteiger partial charge in [-0.25, -0.2) is 0 Å². The molecule has 3 heterocycles. The van der Waals surface area contributed by atoms with Crippen LogP contribution in [0.2, 0.25) is 0 Å². The maximum atomic E-state index is 12.9. The van der Waals surface area contributed by atoms with E-state index < -0.39 is 10.0 Å². The molecular weight excluding hydrogens is 412 g/mol. The molecule has 1 fully saturated rings. The van der Waals surface area contributed by atoms with Crippen LogP contribution in [0.15, 0.2) is 52.7 Å². The number of hydrogen-bond donors (Lipinski definition) is 1. The van der Waals surface area contributed by atoms with Crippen molar-refractivity contribution in [2.24, 2.45) is 4.40 Å². The minimum Gasteiger partial charge on any atom is -0.356 e. The van der Waals surface area contributed by atoms with Gasteiger partial charge in [-0.2, -0.15) is 8.42 Å². The lowest BCUT2D eigenvalue weighted by Gasteiger charge is -2.33. The summed E-state index contributed by atoms with van der Waals surface area (Å²) in [7, 11) is -3.74. The van der Waals surface area contributed by atoms with E-state index in [9.17, 15) is 13.2 Å². The fourth-order valence-electron chi connectivity index (χ4n) is 4.07. The largest absolute Gasteiger partial charge is 0.356 e. The quantitative estimate of drug-likeness (QED) is 0.795. The van der Waals surface area contributed by atoms with Crippen LogP contribution >= 0.6 is 0 Å². The molecule has 7 nitrogen and oxygen atoms in total. The fraction of sp³-hybridized carbons (Fsp3) is 0.348. The van der Waals surface area contributed by atoms with Crippen LogP contribution in [0.5, 0.6) is 0 Å². The number of sulfonamides is 1. The van der Waals surface area contributed by atoms with Gasteiger partial charge in [0.1, 0.15) is 10.7 Å². The second-order valence-corrected chi connectivity index (χ2v) is 9.66. The van der Waals surface area contributed by atoms with E-state index in [1.54, 1.807) is 24.5 Å². The highest BCUT2D eigenvalue weighted by Gasteiger charge is 2.35. The highest BCUT2D eigenvalue weighted by Crippen LogP contribution is 2.35. The maximum absolute atomic E-state index is 12.9. The van der Waals surface area contributed by atoms with E-state index in [4.69, 9.17) is 0 Å². The summed E-state index contributed by atoms with van der Waals surface area (Å²) in [6.07, 6.45) is 4.62. The van der Waals surface area contributed by atoms with Crippen LogP contribution in [0.4, 0.5) is 0 Å². The third-order valence-corrected chi connectivity index (χ3v) is 7.43. The Morgan fingerprint density at radius 1 is 1.10 bits per heavy atom. The van der Waals surface area contributed by atoms with Gasteiger partial charge in [0, 0.05) is 37.1 Å². The first-order valence-corrected chi connectivity index (χ1v) is 11.8. The first kappa shape index (κ1) is 21.2. The van der Waals surface area contributed by atoms with Gasteiger partial charge < -0.3 is 10.2 Å². The topological polar surface area (TPSA) is 91.7 Å². The zero-order valence-electron chi connectivity index (χ0n) is 17.9. The normalized spacial score (nSPS) is 18.8. The van der Waals surface area contributed by atoms with E-state index in [2.05, 4.69) is 14.7 Å². The summed E-state index contributed by atoms with van der Waals surface area (Å²) < 4.78 is 29.8. The molecule has 0 saturated carbocycles. The SMILES string of the molecule is CC1=C(c2ccc(C)c(C)c2)S(=O)(=O)N=C1N1CCC(NC(=O)c2cccnc2)CC1. The minimum atomic E-state index is -3.74. The number of carbonyl (C=O) groups is 1. The average Bonchev–Trinajstić information content (AvgIpc) is 3.00. The van der Waals surface area contributed by atoms with Crippen molar-refractivity contribution in [1.29, 1.82) is 0 Å². The molecule has 1 N–H and O–H groups in total. The molecule has 1 aromatic carbocycles. The molecule has 0 bridgehead atoms. The molecule has 0 spiro atoms. The molecule has 2 aliphatic rings. The Balaban J connectivity index is 1.47. The number of nitrogens with one attached hydrogen (secondary N) is 1. The van der Waals surface area contributed by atoms with Gasteiger partial charge in [0.2, 0.25) is 0 Å². The molecule has 0 radical (unpaired) electrons. The number of likely N-dealkylation sites (tertiary alicyclic amines) is 1. The van der Waals surface area contributed by atoms with Gasteiger partial charge in [-0.3, -0.25) is 9.78 Å². The second kappa shape index (κ2) is 8.26. The van der Waals surface area contributed by atoms with Gasteiger partial charge >= 0.3 is 0 Å². The summed E-state index contributed by atoms with van der Waals surface area (Å²) in [4.78, 5) is 18.6. The molecule has 0 atom stereocenters. The third-order valence-electron chi connectivity index (χ3n) is 5.96. The van der Waals surface area contributed by atoms with Crippen LogP contribution in [0, 0.1) is 13.8 Å². The summed E-state index contributed by atoms with van der Waals surface area (Å²) in [6, 6.07) is 9.19. The van der Waals surface area contributed by atoms with E-state index in [1.807, 2.05) is 43.9 Å². The van der Waals surface area contributed by atoms with E-state index >= 15 is 0 Å². The van der Waals surface area contributed by atoms with Crippen LogP contribution in [0.1, 0.15) is 46.8 Å². The molecule has 2 aliphatic heterocycles. The summed E-state index contributed by atoms with van der Waals surface area (Å²) >= 11 is 0. The molecular formula is C23H26N4O3S. The summed E-state index contributed by atoms with van der Waals surface area (Å²) in [5.41, 5.74) is 4.06. The molecule has 31 heavy (non-hydrogen) atoms. The molecule has 1 amide bonds. The van der Waals surface area contributed by atoms with Crippen LogP contribution in [-0.2, 0) is 10.0 Å². The van der Waals surface area contributed by atoms with Crippen molar-refractivity contribution in [2.75, 3.05) is 13.1 Å². The molecule has 1 aromatic heterocycles. The number of pyridine rings is 1. The van der Waals surface area contributed by atoms with Gasteiger partial charge in [-0.15, -0.1) is 4.40 Å². The Bertz CT molecular complexity index is 1180. The number of benzene rings is 1. The summed E-state index contributed by atoms with van der Waals surface area (Å²) in [5, 5.41) is 3.04. The highest BCUT2D eigenvalue weighted by molar-refractivity contribution is 8.00. The van der Waals surface area contributed by atoms with Crippen molar-refractivity contribution in [3.8, 4) is 0 Å². The van der Waals surface area contributed by atoms with Crippen molar-refractivity contribution in [3.63, 3.8) is 0 Å². The number of rotatable bonds is 3. The van der Waals surface area contributed by atoms with Crippen molar-refractivity contribution >= 4 is 26.7 Å². The lowest BCUT2D eigenvalue weighted by atomic mass is 10.0. The number of aromatic nitrogens is 1. The highest BCUT2D eigenvalue weighted by atomic mass is 32.2. The van der Waals surface area contributed by atoms with Gasteiger partial charge in [-0.05, 0) is 62.4 Å². The predicted molar refractivity (Wildman–Crippen MR) is 121 cm³/mol. The van der Waals surface area contributed by atoms with Gasteiger partial charge in [0.25, 0.3) is 15.9 Å². The molecule has 4 rings (SSSR count). The lowest BCUT2D eigenvalue weighted by molar-refractivity contribution is 0.0922. The molecule has 162 valence electrons. The van der Waals surface area contributed by atoms with Crippen molar-refractivity contribution in [2.45, 2.75) is 39.7 Å². The molecule has 2 aromatic rings. The number of amides is 1. The Labute approximate surface area is 183 Å². The smallest absolute Gasteiger partial charge is 0.285 e. The number of hydrogen-bond acceptors (Lipinski definition) is 5. The van der Waals surface area contributed by atoms with Crippen molar-refractivity contribution in [3.05, 3.63) is 70.6 Å². The average molecular weight is 439 g/mol. The summed E-state index contributed by atoms with van der Waals surface area (Å²) in [5.74, 6) is 0.380. The fourth-order valence-corrected chi connectivity index (χ4v) is 5.54. The Morgan fingerprint density at radius 2 is 1.84 bits per heavy atom. The minimum absolute atomic E-state index is 0.0334. The standard InChI is InChI=1S/C23H26N4O3S/c1-15-6-7-18(13-16(15)2)21-17(3)22(26-31(21,29)30)27-11-8-20(9-12-27)25-23(28)19-5-4-10-24-14-19/h4-7,10,13-14,20H,8-9,11-12H2,1-3H3,(H,25,28). The number of aryl methyl sites for hydroxylation is 2. The second-order valence-electron chi connectivity index (χ2n) is 8.12. The predicted octanol–water partition coefficient (Wildman–Crippen LogP) is 3.07. The Hall–Kier alpha value is -3.00. The first-order chi connectivity index (χ1) is 14.8. The van der Waals surface area contributed by atoms with Crippen molar-refractivity contribution < 1.29 is 13.2 Å². The number of carbonyl (C=O) groups excluding carboxylic acids is 1. The van der Waals surface area contributed by atoms with Crippen LogP contribution in [0.25, 0.3) is 4.91 Å². The molecule has 0 unspecified atom stereocenters. The first-order valence-electron chi connectivity index (χ1n) is 10.4. The summed E-state index contributed by atoms with van der Waals surface area (Å²) in [6.45, 7) is 7.06. The zero-order chi connectivity index (χ0) is 22.2. The van der Waals surface area contributed by atoms with Crippen LogP contribution in [-0.4, -0.2) is 49.2 Å². The van der Waals surface area contributed by atoms with Gasteiger partial charge in [0.15, 0.2) is 0 Å². The molecule has 1 saturated heterocycles. The number of piperidine rings is 1. The third kappa shape index (κ3) is 4.25. The Morgan fingerprint density at radius 3 is 2.48 bits per heavy atom. The number of amidine groups is 1. The van der Waals surface area contributed by atoms with E-state index in [0.717, 1.165) is 24.0 Å². The van der Waals surface area contributed by atoms with E-state index in [1.165, 1.54) is 0 Å². The lowest BCUT2D eigenvalue weighted by Crippen LogP contribution is -2.46. The monoisotopic (exact) mass is 438 g/mol. The zero-order valence-corrected chi connectivity index (χ0v) is 18.7. The van der Waals surface area contributed by atoms with E-state index in [0.29, 0.717) is 35.6 Å². The van der Waals surface area contributed by atoms with Gasteiger partial charge in [0.05, 0.1) is 5.56 Å². The van der Waals surface area contributed by atoms with Crippen LogP contribution in [0.3, 0.4) is 0 Å². The number of nitrogens with zero attached hydrogens (tertiary/aromatic N) is 3. The van der Waals surface area contributed by atoms with Crippen molar-refractivity contribution in [1.82, 2.24) is 15.2 Å².